The van der Waals surface area contributed by atoms with Crippen molar-refractivity contribution in [1.82, 2.24) is 20.3 Å². The molecule has 0 saturated carbocycles. The van der Waals surface area contributed by atoms with Gasteiger partial charge in [-0.1, -0.05) is 18.2 Å². The maximum Gasteiger partial charge on any atom is 0.271 e. The summed E-state index contributed by atoms with van der Waals surface area (Å²) in [5, 5.41) is 1.93. The van der Waals surface area contributed by atoms with E-state index in [1.165, 1.54) is 0 Å². The van der Waals surface area contributed by atoms with Crippen molar-refractivity contribution in [3.8, 4) is 11.1 Å². The number of carbonyl (C=O) groups excluding carboxylic acids is 1. The molecule has 1 aromatic heterocycles. The Hall–Kier alpha value is -2.70. The summed E-state index contributed by atoms with van der Waals surface area (Å²) in [5.41, 5.74) is 10.7. The molecule has 0 aliphatic carbocycles. The number of nitrogens with zero attached hydrogens (tertiary/aromatic N) is 3. The lowest BCUT2D eigenvalue weighted by Crippen LogP contribution is -2.40. The van der Waals surface area contributed by atoms with E-state index in [0.29, 0.717) is 26.2 Å². The molecule has 0 saturated heterocycles. The van der Waals surface area contributed by atoms with E-state index in [1.807, 2.05) is 31.2 Å². The number of rotatable bonds is 4. The van der Waals surface area contributed by atoms with Gasteiger partial charge in [0.15, 0.2) is 0 Å². The van der Waals surface area contributed by atoms with Crippen LogP contribution in [0.2, 0.25) is 0 Å². The third-order valence-electron chi connectivity index (χ3n) is 5.23. The van der Waals surface area contributed by atoms with Crippen molar-refractivity contribution in [3.63, 3.8) is 0 Å². The second kappa shape index (κ2) is 7.13. The van der Waals surface area contributed by atoms with Crippen molar-refractivity contribution in [3.05, 3.63) is 59.0 Å². The Labute approximate surface area is 159 Å². The fraction of sp³-hybridized carbons (Fsp3) is 0.333. The summed E-state index contributed by atoms with van der Waals surface area (Å²) >= 11 is 0. The van der Waals surface area contributed by atoms with E-state index in [9.17, 15) is 4.79 Å². The summed E-state index contributed by atoms with van der Waals surface area (Å²) in [6.45, 7) is 4.45. The zero-order chi connectivity index (χ0) is 19.0. The number of methoxy groups -OCH3 is 1. The van der Waals surface area contributed by atoms with Crippen LogP contribution >= 0.6 is 0 Å². The number of aromatic nitrogens is 1. The monoisotopic (exact) mass is 364 g/mol. The van der Waals surface area contributed by atoms with Gasteiger partial charge in [-0.3, -0.25) is 9.78 Å². The normalized spacial score (nSPS) is 16.5. The third-order valence-corrected chi connectivity index (χ3v) is 5.23. The van der Waals surface area contributed by atoms with Crippen LogP contribution in [0.15, 0.2) is 42.2 Å². The number of aryl methyl sites for hydroxylation is 1. The van der Waals surface area contributed by atoms with Crippen molar-refractivity contribution >= 4 is 11.5 Å². The molecule has 1 amide bonds. The van der Waals surface area contributed by atoms with Crippen molar-refractivity contribution < 1.29 is 9.53 Å². The molecule has 0 atom stereocenters. The SMILES string of the molecule is COCCN1NCC2=C1C(=O)N(C)Cc1ccc(-c3cccnc3C)cc12. The third kappa shape index (κ3) is 3.11. The van der Waals surface area contributed by atoms with Crippen molar-refractivity contribution in [2.45, 2.75) is 13.5 Å². The summed E-state index contributed by atoms with van der Waals surface area (Å²) < 4.78 is 5.20. The number of benzene rings is 1. The van der Waals surface area contributed by atoms with E-state index in [4.69, 9.17) is 4.74 Å². The first-order valence-corrected chi connectivity index (χ1v) is 9.14. The van der Waals surface area contributed by atoms with Crippen LogP contribution in [-0.2, 0) is 16.1 Å². The average molecular weight is 364 g/mol. The molecule has 2 aliphatic rings. The highest BCUT2D eigenvalue weighted by Crippen LogP contribution is 2.35. The van der Waals surface area contributed by atoms with Gasteiger partial charge in [0, 0.05) is 50.3 Å². The molecular weight excluding hydrogens is 340 g/mol. The number of hydrogen-bond donors (Lipinski definition) is 1. The first-order chi connectivity index (χ1) is 13.1. The standard InChI is InChI=1S/C21H24N4O2/c1-14-17(5-4-8-22-14)15-6-7-16-13-24(2)21(26)20-19(18(16)11-15)12-23-25(20)9-10-27-3/h4-8,11,23H,9-10,12-13H2,1-3H3. The highest BCUT2D eigenvalue weighted by atomic mass is 16.5. The van der Waals surface area contributed by atoms with Gasteiger partial charge in [0.1, 0.15) is 5.70 Å². The first-order valence-electron chi connectivity index (χ1n) is 9.14. The molecule has 4 rings (SSSR count). The lowest BCUT2D eigenvalue weighted by molar-refractivity contribution is -0.128. The maximum atomic E-state index is 13.0. The minimum absolute atomic E-state index is 0.0430. The largest absolute Gasteiger partial charge is 0.383 e. The molecule has 0 radical (unpaired) electrons. The maximum absolute atomic E-state index is 13.0. The molecule has 0 bridgehead atoms. The van der Waals surface area contributed by atoms with Gasteiger partial charge in [0.05, 0.1) is 13.2 Å². The predicted octanol–water partition coefficient (Wildman–Crippen LogP) is 2.21. The van der Waals surface area contributed by atoms with Crippen LogP contribution in [-0.4, -0.2) is 54.7 Å². The fourth-order valence-electron chi connectivity index (χ4n) is 3.80. The van der Waals surface area contributed by atoms with Crippen molar-refractivity contribution in [1.29, 1.82) is 0 Å². The van der Waals surface area contributed by atoms with Crippen LogP contribution < -0.4 is 5.43 Å². The minimum atomic E-state index is 0.0430. The zero-order valence-electron chi connectivity index (χ0n) is 16.0. The topological polar surface area (TPSA) is 57.7 Å². The van der Waals surface area contributed by atoms with Crippen LogP contribution in [0.5, 0.6) is 0 Å². The average Bonchev–Trinajstić information content (AvgIpc) is 3.06. The number of pyridine rings is 1. The van der Waals surface area contributed by atoms with Crippen molar-refractivity contribution in [2.75, 3.05) is 33.9 Å². The molecule has 6 nitrogen and oxygen atoms in total. The molecule has 0 fully saturated rings. The number of likely N-dealkylation sites (N-methyl/N-ethyl adjacent to an activating group) is 1. The Balaban J connectivity index is 1.83. The van der Waals surface area contributed by atoms with Crippen LogP contribution in [0.1, 0.15) is 16.8 Å². The summed E-state index contributed by atoms with van der Waals surface area (Å²) in [4.78, 5) is 19.2. The van der Waals surface area contributed by atoms with Gasteiger partial charge in [0.25, 0.3) is 5.91 Å². The van der Waals surface area contributed by atoms with Crippen LogP contribution in [0.3, 0.4) is 0 Å². The molecule has 1 N–H and O–H groups in total. The zero-order valence-corrected chi connectivity index (χ0v) is 16.0. The van der Waals surface area contributed by atoms with Crippen LogP contribution in [0.25, 0.3) is 16.7 Å². The molecule has 140 valence electrons. The number of amides is 1. The minimum Gasteiger partial charge on any atom is -0.383 e. The molecule has 2 aliphatic heterocycles. The fourth-order valence-corrected chi connectivity index (χ4v) is 3.80. The van der Waals surface area contributed by atoms with E-state index < -0.39 is 0 Å². The molecule has 27 heavy (non-hydrogen) atoms. The Bertz CT molecular complexity index is 922. The number of hydrazine groups is 1. The quantitative estimate of drug-likeness (QED) is 0.901. The summed E-state index contributed by atoms with van der Waals surface area (Å²) in [7, 11) is 3.53. The Morgan fingerprint density at radius 3 is 2.89 bits per heavy atom. The van der Waals surface area contributed by atoms with Gasteiger partial charge in [-0.25, -0.2) is 5.43 Å². The summed E-state index contributed by atoms with van der Waals surface area (Å²) in [5.74, 6) is 0.0430. The Morgan fingerprint density at radius 1 is 1.26 bits per heavy atom. The summed E-state index contributed by atoms with van der Waals surface area (Å²) in [6.07, 6.45) is 1.81. The predicted molar refractivity (Wildman–Crippen MR) is 104 cm³/mol. The number of carbonyl (C=O) groups is 1. The van der Waals surface area contributed by atoms with Crippen molar-refractivity contribution in [2.24, 2.45) is 0 Å². The van der Waals surface area contributed by atoms with Gasteiger partial charge in [-0.05, 0) is 35.7 Å². The van der Waals surface area contributed by atoms with E-state index >= 15 is 0 Å². The van der Waals surface area contributed by atoms with Crippen LogP contribution in [0, 0.1) is 6.92 Å². The number of fused-ring (bicyclic) bond motifs is 2. The van der Waals surface area contributed by atoms with Gasteiger partial charge in [-0.15, -0.1) is 0 Å². The van der Waals surface area contributed by atoms with Gasteiger partial charge >= 0.3 is 0 Å². The Morgan fingerprint density at radius 2 is 2.11 bits per heavy atom. The molecule has 0 spiro atoms. The summed E-state index contributed by atoms with van der Waals surface area (Å²) in [6, 6.07) is 10.5. The first kappa shape index (κ1) is 17.7. The Kier molecular flexibility index (Phi) is 4.68. The van der Waals surface area contributed by atoms with Crippen LogP contribution in [0.4, 0.5) is 0 Å². The number of ether oxygens (including phenoxy) is 1. The smallest absolute Gasteiger partial charge is 0.271 e. The second-order valence-corrected chi connectivity index (χ2v) is 6.98. The molecule has 3 heterocycles. The van der Waals surface area contributed by atoms with E-state index in [1.54, 1.807) is 12.0 Å². The van der Waals surface area contributed by atoms with E-state index in [-0.39, 0.29) is 5.91 Å². The van der Waals surface area contributed by atoms with E-state index in [2.05, 4.69) is 34.7 Å². The highest BCUT2D eigenvalue weighted by molar-refractivity contribution is 6.03. The molecule has 2 aromatic rings. The molecule has 0 unspecified atom stereocenters. The lowest BCUT2D eigenvalue weighted by atomic mass is 9.94. The highest BCUT2D eigenvalue weighted by Gasteiger charge is 2.34. The van der Waals surface area contributed by atoms with E-state index in [0.717, 1.165) is 39.2 Å². The number of nitrogens with one attached hydrogen (secondary N) is 1. The van der Waals surface area contributed by atoms with Gasteiger partial charge in [-0.2, -0.15) is 0 Å². The molecule has 6 heteroatoms. The molecular formula is C21H24N4O2. The lowest BCUT2D eigenvalue weighted by Gasteiger charge is -2.24. The number of hydrogen-bond acceptors (Lipinski definition) is 5. The van der Waals surface area contributed by atoms with Gasteiger partial charge < -0.3 is 14.6 Å². The van der Waals surface area contributed by atoms with Gasteiger partial charge in [0.2, 0.25) is 0 Å². The molecule has 1 aromatic carbocycles. The second-order valence-electron chi connectivity index (χ2n) is 6.98.